The van der Waals surface area contributed by atoms with Gasteiger partial charge in [0.25, 0.3) is 0 Å². The van der Waals surface area contributed by atoms with Gasteiger partial charge in [0.2, 0.25) is 0 Å². The van der Waals surface area contributed by atoms with Crippen molar-refractivity contribution in [1.82, 2.24) is 0 Å². The highest BCUT2D eigenvalue weighted by atomic mass is 16.5. The number of hydrogen-bond acceptors (Lipinski definition) is 5. The predicted molar refractivity (Wildman–Crippen MR) is 67.6 cm³/mol. The standard InChI is InChI=1S/C12H25NO5/c1-10(9-12(2,13)11(14)15)18-8-7-17-6-4-5-16-3/h10H,4-9,13H2,1-3H3,(H,14,15). The summed E-state index contributed by atoms with van der Waals surface area (Å²) in [6.07, 6.45) is 0.913. The van der Waals surface area contributed by atoms with Gasteiger partial charge in [-0.3, -0.25) is 4.79 Å². The zero-order valence-corrected chi connectivity index (χ0v) is 11.5. The molecule has 0 radical (unpaired) electrons. The molecule has 0 aliphatic carbocycles. The van der Waals surface area contributed by atoms with Crippen molar-refractivity contribution >= 4 is 5.97 Å². The van der Waals surface area contributed by atoms with Crippen LogP contribution in [0.25, 0.3) is 0 Å². The van der Waals surface area contributed by atoms with Gasteiger partial charge in [-0.15, -0.1) is 0 Å². The van der Waals surface area contributed by atoms with Gasteiger partial charge >= 0.3 is 5.97 Å². The van der Waals surface area contributed by atoms with Crippen LogP contribution in [0.15, 0.2) is 0 Å². The van der Waals surface area contributed by atoms with E-state index in [1.54, 1.807) is 14.0 Å². The van der Waals surface area contributed by atoms with Gasteiger partial charge in [-0.05, 0) is 20.3 Å². The van der Waals surface area contributed by atoms with Crippen LogP contribution in [0.3, 0.4) is 0 Å². The predicted octanol–water partition coefficient (Wildman–Crippen LogP) is 0.637. The lowest BCUT2D eigenvalue weighted by molar-refractivity contribution is -0.144. The normalized spacial score (nSPS) is 16.2. The second kappa shape index (κ2) is 9.27. The van der Waals surface area contributed by atoms with Crippen molar-refractivity contribution in [2.75, 3.05) is 33.5 Å². The summed E-state index contributed by atoms with van der Waals surface area (Å²) in [5, 5.41) is 8.87. The SMILES string of the molecule is COCCCOCCOC(C)CC(C)(N)C(=O)O. The molecule has 2 atom stereocenters. The Balaban J connectivity index is 3.54. The average Bonchev–Trinajstić information content (AvgIpc) is 2.27. The number of ether oxygens (including phenoxy) is 3. The Labute approximate surface area is 108 Å². The lowest BCUT2D eigenvalue weighted by atomic mass is 9.96. The van der Waals surface area contributed by atoms with Crippen molar-refractivity contribution in [2.45, 2.75) is 38.3 Å². The molecule has 0 bridgehead atoms. The minimum Gasteiger partial charge on any atom is -0.480 e. The van der Waals surface area contributed by atoms with E-state index in [-0.39, 0.29) is 12.5 Å². The van der Waals surface area contributed by atoms with E-state index in [4.69, 9.17) is 25.1 Å². The number of carbonyl (C=O) groups is 1. The van der Waals surface area contributed by atoms with Gasteiger partial charge in [-0.2, -0.15) is 0 Å². The second-order valence-electron chi connectivity index (χ2n) is 4.57. The van der Waals surface area contributed by atoms with Gasteiger partial charge in [0.15, 0.2) is 0 Å². The molecule has 0 aromatic heterocycles. The maximum atomic E-state index is 10.8. The molecule has 6 heteroatoms. The van der Waals surface area contributed by atoms with Crippen molar-refractivity contribution < 1.29 is 24.1 Å². The summed E-state index contributed by atoms with van der Waals surface area (Å²) in [5.74, 6) is -1.02. The summed E-state index contributed by atoms with van der Waals surface area (Å²) in [6, 6.07) is 0. The first-order valence-corrected chi connectivity index (χ1v) is 6.10. The van der Waals surface area contributed by atoms with Crippen LogP contribution in [-0.2, 0) is 19.0 Å². The van der Waals surface area contributed by atoms with E-state index < -0.39 is 11.5 Å². The fraction of sp³-hybridized carbons (Fsp3) is 0.917. The van der Waals surface area contributed by atoms with E-state index >= 15 is 0 Å². The van der Waals surface area contributed by atoms with Crippen molar-refractivity contribution in [2.24, 2.45) is 5.73 Å². The first kappa shape index (κ1) is 17.3. The highest BCUT2D eigenvalue weighted by Crippen LogP contribution is 2.11. The van der Waals surface area contributed by atoms with Gasteiger partial charge in [0.1, 0.15) is 5.54 Å². The van der Waals surface area contributed by atoms with Gasteiger partial charge in [0.05, 0.1) is 19.3 Å². The third-order valence-corrected chi connectivity index (χ3v) is 2.47. The van der Waals surface area contributed by atoms with Crippen molar-refractivity contribution in [3.63, 3.8) is 0 Å². The molecule has 0 aromatic carbocycles. The molecule has 0 aromatic rings. The van der Waals surface area contributed by atoms with Crippen molar-refractivity contribution in [1.29, 1.82) is 0 Å². The first-order valence-electron chi connectivity index (χ1n) is 6.10. The Bertz CT molecular complexity index is 233. The van der Waals surface area contributed by atoms with Crippen LogP contribution in [0.1, 0.15) is 26.7 Å². The molecule has 0 spiro atoms. The molecule has 3 N–H and O–H groups in total. The maximum Gasteiger partial charge on any atom is 0.323 e. The molecule has 2 unspecified atom stereocenters. The molecule has 0 rings (SSSR count). The lowest BCUT2D eigenvalue weighted by Crippen LogP contribution is -2.47. The quantitative estimate of drug-likeness (QED) is 0.531. The van der Waals surface area contributed by atoms with E-state index in [2.05, 4.69) is 0 Å². The molecule has 0 fully saturated rings. The molecular weight excluding hydrogens is 238 g/mol. The summed E-state index contributed by atoms with van der Waals surface area (Å²) in [7, 11) is 1.65. The number of carboxylic acid groups (broad SMARTS) is 1. The van der Waals surface area contributed by atoms with Crippen LogP contribution >= 0.6 is 0 Å². The van der Waals surface area contributed by atoms with E-state index in [1.807, 2.05) is 0 Å². The van der Waals surface area contributed by atoms with Crippen LogP contribution in [0.4, 0.5) is 0 Å². The van der Waals surface area contributed by atoms with Crippen molar-refractivity contribution in [3.05, 3.63) is 0 Å². The Morgan fingerprint density at radius 3 is 2.56 bits per heavy atom. The number of nitrogens with two attached hydrogens (primary N) is 1. The van der Waals surface area contributed by atoms with E-state index in [9.17, 15) is 4.79 Å². The molecule has 0 heterocycles. The third-order valence-electron chi connectivity index (χ3n) is 2.47. The van der Waals surface area contributed by atoms with Crippen molar-refractivity contribution in [3.8, 4) is 0 Å². The Morgan fingerprint density at radius 1 is 1.33 bits per heavy atom. The van der Waals surface area contributed by atoms with E-state index in [0.717, 1.165) is 6.42 Å². The number of rotatable bonds is 11. The van der Waals surface area contributed by atoms with E-state index in [1.165, 1.54) is 6.92 Å². The highest BCUT2D eigenvalue weighted by Gasteiger charge is 2.30. The Hall–Kier alpha value is -0.690. The summed E-state index contributed by atoms with van der Waals surface area (Å²) < 4.78 is 15.6. The summed E-state index contributed by atoms with van der Waals surface area (Å²) in [5.41, 5.74) is 4.37. The third kappa shape index (κ3) is 8.41. The lowest BCUT2D eigenvalue weighted by Gasteiger charge is -2.23. The second-order valence-corrected chi connectivity index (χ2v) is 4.57. The molecular formula is C12H25NO5. The largest absolute Gasteiger partial charge is 0.480 e. The number of carboxylic acids is 1. The monoisotopic (exact) mass is 263 g/mol. The van der Waals surface area contributed by atoms with Gasteiger partial charge in [-0.1, -0.05) is 0 Å². The molecule has 18 heavy (non-hydrogen) atoms. The summed E-state index contributed by atoms with van der Waals surface area (Å²) in [6.45, 7) is 5.53. The topological polar surface area (TPSA) is 91.0 Å². The average molecular weight is 263 g/mol. The van der Waals surface area contributed by atoms with Crippen LogP contribution in [-0.4, -0.2) is 56.3 Å². The molecule has 0 saturated carbocycles. The minimum absolute atomic E-state index is 0.210. The number of methoxy groups -OCH3 is 1. The minimum atomic E-state index is -1.25. The van der Waals surface area contributed by atoms with E-state index in [0.29, 0.717) is 26.4 Å². The fourth-order valence-corrected chi connectivity index (χ4v) is 1.46. The Morgan fingerprint density at radius 2 is 2.00 bits per heavy atom. The summed E-state index contributed by atoms with van der Waals surface area (Å²) in [4.78, 5) is 10.8. The van der Waals surface area contributed by atoms with Gasteiger partial charge < -0.3 is 25.1 Å². The van der Waals surface area contributed by atoms with Crippen LogP contribution in [0.5, 0.6) is 0 Å². The van der Waals surface area contributed by atoms with Crippen LogP contribution < -0.4 is 5.73 Å². The maximum absolute atomic E-state index is 10.8. The zero-order chi connectivity index (χ0) is 14.0. The van der Waals surface area contributed by atoms with Gasteiger partial charge in [-0.25, -0.2) is 0 Å². The number of hydrogen-bond donors (Lipinski definition) is 2. The summed E-state index contributed by atoms with van der Waals surface area (Å²) >= 11 is 0. The van der Waals surface area contributed by atoms with Gasteiger partial charge in [0, 0.05) is 26.7 Å². The fourth-order valence-electron chi connectivity index (χ4n) is 1.46. The number of aliphatic carboxylic acids is 1. The first-order chi connectivity index (χ1) is 8.40. The molecule has 0 saturated heterocycles. The molecule has 0 aliphatic heterocycles. The van der Waals surface area contributed by atoms with Crippen LogP contribution in [0, 0.1) is 0 Å². The van der Waals surface area contributed by atoms with Crippen LogP contribution in [0.2, 0.25) is 0 Å². The smallest absolute Gasteiger partial charge is 0.323 e. The molecule has 6 nitrogen and oxygen atoms in total. The molecule has 0 aliphatic rings. The highest BCUT2D eigenvalue weighted by molar-refractivity contribution is 5.77. The molecule has 0 amide bonds. The zero-order valence-electron chi connectivity index (χ0n) is 11.5. The Kier molecular flexibility index (Phi) is 8.91. The molecule has 108 valence electrons.